The lowest BCUT2D eigenvalue weighted by Crippen LogP contribution is -2.65. The van der Waals surface area contributed by atoms with Crippen molar-refractivity contribution < 1.29 is 19.0 Å². The second kappa shape index (κ2) is 7.10. The van der Waals surface area contributed by atoms with E-state index < -0.39 is 11.9 Å². The second-order valence-electron chi connectivity index (χ2n) is 8.45. The molecule has 0 saturated carbocycles. The minimum absolute atomic E-state index is 0.0257. The van der Waals surface area contributed by atoms with Gasteiger partial charge in [0.25, 0.3) is 0 Å². The number of morpholine rings is 1. The van der Waals surface area contributed by atoms with Gasteiger partial charge in [-0.25, -0.2) is 9.18 Å². The molecule has 0 aromatic heterocycles. The lowest BCUT2D eigenvalue weighted by Gasteiger charge is -2.53. The van der Waals surface area contributed by atoms with E-state index in [0.29, 0.717) is 31.7 Å². The highest BCUT2D eigenvalue weighted by Gasteiger charge is 2.46. The van der Waals surface area contributed by atoms with Gasteiger partial charge in [-0.3, -0.25) is 4.90 Å². The van der Waals surface area contributed by atoms with Crippen LogP contribution in [0.3, 0.4) is 0 Å². The number of carbonyl (C=O) groups is 1. The van der Waals surface area contributed by atoms with Crippen LogP contribution in [-0.2, 0) is 4.74 Å². The molecule has 2 aliphatic heterocycles. The topological polar surface area (TPSA) is 76.8 Å². The van der Waals surface area contributed by atoms with Crippen LogP contribution in [-0.4, -0.2) is 59.3 Å². The molecule has 1 amide bonds. The Labute approximate surface area is 159 Å². The van der Waals surface area contributed by atoms with Crippen LogP contribution < -0.4 is 0 Å². The normalized spacial score (nSPS) is 26.4. The second-order valence-corrected chi connectivity index (χ2v) is 8.45. The lowest BCUT2D eigenvalue weighted by molar-refractivity contribution is -0.173. The standard InChI is InChI=1S/C20H26FN3O3/c1-12-13(5-6-15(21)14(12)9-22)17-11-23-7-8-24(19(25)26)10-16(23)18(27-17)20(2,3)4/h5-6,16-18H,7-8,10-11H2,1-4H3,(H,25,26)/t16-,17-,18?/m0/s1. The van der Waals surface area contributed by atoms with Gasteiger partial charge < -0.3 is 14.7 Å². The van der Waals surface area contributed by atoms with Crippen molar-refractivity contribution in [1.29, 1.82) is 5.26 Å². The SMILES string of the molecule is Cc1c([C@@H]2CN3CCN(C(=O)O)C[C@H]3C(C(C)(C)C)O2)ccc(F)c1C#N. The molecular weight excluding hydrogens is 349 g/mol. The summed E-state index contributed by atoms with van der Waals surface area (Å²) in [5, 5.41) is 18.6. The molecule has 0 aliphatic carbocycles. The Balaban J connectivity index is 1.94. The van der Waals surface area contributed by atoms with E-state index in [1.165, 1.54) is 11.0 Å². The van der Waals surface area contributed by atoms with Gasteiger partial charge in [0.2, 0.25) is 0 Å². The number of carboxylic acid groups (broad SMARTS) is 1. The van der Waals surface area contributed by atoms with Crippen molar-refractivity contribution >= 4 is 6.09 Å². The van der Waals surface area contributed by atoms with Gasteiger partial charge in [0.05, 0.1) is 23.8 Å². The maximum Gasteiger partial charge on any atom is 0.407 e. The summed E-state index contributed by atoms with van der Waals surface area (Å²) < 4.78 is 20.4. The minimum Gasteiger partial charge on any atom is -0.465 e. The fourth-order valence-corrected chi connectivity index (χ4v) is 4.19. The molecule has 0 bridgehead atoms. The molecule has 0 radical (unpaired) electrons. The Morgan fingerprint density at radius 1 is 1.33 bits per heavy atom. The van der Waals surface area contributed by atoms with Crippen molar-refractivity contribution in [1.82, 2.24) is 9.80 Å². The van der Waals surface area contributed by atoms with Crippen molar-refractivity contribution in [3.05, 3.63) is 34.6 Å². The third-order valence-electron chi connectivity index (χ3n) is 5.63. The number of hydrogen-bond acceptors (Lipinski definition) is 4. The number of piperazine rings is 1. The highest BCUT2D eigenvalue weighted by Crippen LogP contribution is 2.39. The van der Waals surface area contributed by atoms with Gasteiger partial charge in [-0.15, -0.1) is 0 Å². The first-order valence-electron chi connectivity index (χ1n) is 9.20. The van der Waals surface area contributed by atoms with Crippen LogP contribution in [0.25, 0.3) is 0 Å². The molecule has 0 spiro atoms. The summed E-state index contributed by atoms with van der Waals surface area (Å²) in [5.74, 6) is -0.519. The summed E-state index contributed by atoms with van der Waals surface area (Å²) in [6.45, 7) is 10.1. The molecule has 1 aromatic carbocycles. The Kier molecular flexibility index (Phi) is 5.15. The highest BCUT2D eigenvalue weighted by molar-refractivity contribution is 5.65. The Morgan fingerprint density at radius 3 is 2.63 bits per heavy atom. The molecule has 3 rings (SSSR count). The van der Waals surface area contributed by atoms with Crippen molar-refractivity contribution in [3.8, 4) is 6.07 Å². The molecule has 1 aromatic rings. The van der Waals surface area contributed by atoms with Crippen molar-refractivity contribution in [2.75, 3.05) is 26.2 Å². The Hall–Kier alpha value is -2.17. The minimum atomic E-state index is -0.905. The van der Waals surface area contributed by atoms with Crippen LogP contribution in [0.1, 0.15) is 43.6 Å². The van der Waals surface area contributed by atoms with E-state index in [9.17, 15) is 19.6 Å². The number of rotatable bonds is 1. The lowest BCUT2D eigenvalue weighted by atomic mass is 9.81. The number of benzene rings is 1. The van der Waals surface area contributed by atoms with Crippen LogP contribution in [0.15, 0.2) is 12.1 Å². The number of hydrogen-bond donors (Lipinski definition) is 1. The van der Waals surface area contributed by atoms with E-state index in [2.05, 4.69) is 25.7 Å². The van der Waals surface area contributed by atoms with Crippen LogP contribution in [0.2, 0.25) is 0 Å². The van der Waals surface area contributed by atoms with Gasteiger partial charge in [0, 0.05) is 26.2 Å². The molecule has 2 saturated heterocycles. The molecule has 1 N–H and O–H groups in total. The fourth-order valence-electron chi connectivity index (χ4n) is 4.19. The number of nitrogens with zero attached hydrogens (tertiary/aromatic N) is 3. The van der Waals surface area contributed by atoms with Gasteiger partial charge in [-0.1, -0.05) is 26.8 Å². The zero-order valence-corrected chi connectivity index (χ0v) is 16.2. The number of ether oxygens (including phenoxy) is 1. The average molecular weight is 375 g/mol. The molecule has 27 heavy (non-hydrogen) atoms. The first kappa shape index (κ1) is 19.6. The third kappa shape index (κ3) is 3.64. The van der Waals surface area contributed by atoms with E-state index >= 15 is 0 Å². The summed E-state index contributed by atoms with van der Waals surface area (Å²) >= 11 is 0. The van der Waals surface area contributed by atoms with Crippen LogP contribution in [0.5, 0.6) is 0 Å². The molecule has 7 heteroatoms. The smallest absolute Gasteiger partial charge is 0.407 e. The molecule has 2 heterocycles. The molecule has 6 nitrogen and oxygen atoms in total. The summed E-state index contributed by atoms with van der Waals surface area (Å²) in [6, 6.07) is 4.94. The highest BCUT2D eigenvalue weighted by atomic mass is 19.1. The van der Waals surface area contributed by atoms with E-state index in [0.717, 1.165) is 5.56 Å². The predicted molar refractivity (Wildman–Crippen MR) is 97.9 cm³/mol. The molecule has 146 valence electrons. The van der Waals surface area contributed by atoms with Gasteiger partial charge in [0.1, 0.15) is 11.9 Å². The van der Waals surface area contributed by atoms with E-state index in [4.69, 9.17) is 4.74 Å². The van der Waals surface area contributed by atoms with Crippen LogP contribution in [0.4, 0.5) is 9.18 Å². The van der Waals surface area contributed by atoms with E-state index in [1.54, 1.807) is 13.0 Å². The zero-order chi connectivity index (χ0) is 19.9. The van der Waals surface area contributed by atoms with Crippen LogP contribution >= 0.6 is 0 Å². The fraction of sp³-hybridized carbons (Fsp3) is 0.600. The Bertz CT molecular complexity index is 784. The monoisotopic (exact) mass is 375 g/mol. The molecule has 3 atom stereocenters. The van der Waals surface area contributed by atoms with Crippen LogP contribution in [0, 0.1) is 29.5 Å². The summed E-state index contributed by atoms with van der Waals surface area (Å²) in [4.78, 5) is 15.1. The number of amides is 1. The molecule has 2 fully saturated rings. The van der Waals surface area contributed by atoms with Crippen molar-refractivity contribution in [2.24, 2.45) is 5.41 Å². The maximum atomic E-state index is 13.9. The number of fused-ring (bicyclic) bond motifs is 1. The number of halogens is 1. The van der Waals surface area contributed by atoms with Gasteiger partial charge >= 0.3 is 6.09 Å². The van der Waals surface area contributed by atoms with Gasteiger partial charge in [0.15, 0.2) is 0 Å². The first-order chi connectivity index (χ1) is 12.6. The summed E-state index contributed by atoms with van der Waals surface area (Å²) in [6.07, 6.45) is -1.37. The van der Waals surface area contributed by atoms with Crippen molar-refractivity contribution in [3.63, 3.8) is 0 Å². The quantitative estimate of drug-likeness (QED) is 0.816. The average Bonchev–Trinajstić information content (AvgIpc) is 2.60. The largest absolute Gasteiger partial charge is 0.465 e. The Morgan fingerprint density at radius 2 is 2.04 bits per heavy atom. The summed E-state index contributed by atoms with van der Waals surface area (Å²) in [7, 11) is 0. The summed E-state index contributed by atoms with van der Waals surface area (Å²) in [5.41, 5.74) is 1.29. The molecule has 2 aliphatic rings. The predicted octanol–water partition coefficient (Wildman–Crippen LogP) is 3.16. The third-order valence-corrected chi connectivity index (χ3v) is 5.63. The van der Waals surface area contributed by atoms with Gasteiger partial charge in [-0.2, -0.15) is 5.26 Å². The van der Waals surface area contributed by atoms with E-state index in [-0.39, 0.29) is 29.2 Å². The molecular formula is C20H26FN3O3. The van der Waals surface area contributed by atoms with E-state index in [1.807, 2.05) is 6.07 Å². The maximum absolute atomic E-state index is 13.9. The zero-order valence-electron chi connectivity index (χ0n) is 16.2. The first-order valence-corrected chi connectivity index (χ1v) is 9.20. The number of nitriles is 1. The molecule has 1 unspecified atom stereocenters. The van der Waals surface area contributed by atoms with Crippen molar-refractivity contribution in [2.45, 2.75) is 45.9 Å². The van der Waals surface area contributed by atoms with Gasteiger partial charge in [-0.05, 0) is 29.5 Å².